The molecule has 3 N–H and O–H groups in total. The van der Waals surface area contributed by atoms with Crippen molar-refractivity contribution >= 4 is 0 Å². The smallest absolute Gasteiger partial charge is 0.0109 e. The van der Waals surface area contributed by atoms with E-state index in [-0.39, 0.29) is 5.54 Å². The van der Waals surface area contributed by atoms with Crippen LogP contribution in [0.25, 0.3) is 0 Å². The van der Waals surface area contributed by atoms with E-state index in [1.165, 1.54) is 25.8 Å². The first-order chi connectivity index (χ1) is 5.91. The van der Waals surface area contributed by atoms with Crippen LogP contribution in [0, 0.1) is 5.41 Å². The molecular weight excluding hydrogens is 160 g/mol. The molecule has 1 rings (SSSR count). The summed E-state index contributed by atoms with van der Waals surface area (Å²) >= 11 is 0. The van der Waals surface area contributed by atoms with Gasteiger partial charge in [0.15, 0.2) is 0 Å². The van der Waals surface area contributed by atoms with Crippen LogP contribution in [-0.4, -0.2) is 18.6 Å². The molecule has 0 heterocycles. The van der Waals surface area contributed by atoms with Crippen LogP contribution < -0.4 is 11.1 Å². The molecule has 0 saturated heterocycles. The van der Waals surface area contributed by atoms with E-state index < -0.39 is 0 Å². The molecule has 0 amide bonds. The zero-order chi connectivity index (χ0) is 9.95. The first-order valence-corrected chi connectivity index (χ1v) is 5.41. The second-order valence-electron chi connectivity index (χ2n) is 5.58. The average Bonchev–Trinajstić information content (AvgIpc) is 1.93. The van der Waals surface area contributed by atoms with Gasteiger partial charge in [-0.1, -0.05) is 13.3 Å². The van der Waals surface area contributed by atoms with Crippen molar-refractivity contribution in [2.75, 3.05) is 13.1 Å². The lowest BCUT2D eigenvalue weighted by molar-refractivity contribution is 0.156. The van der Waals surface area contributed by atoms with E-state index in [0.29, 0.717) is 5.41 Å². The molecule has 0 aromatic carbocycles. The zero-order valence-electron chi connectivity index (χ0n) is 9.32. The standard InChI is InChI=1S/C11H24N2/c1-10(2,12)7-8-13-9-11(3)5-4-6-11/h13H,4-9,12H2,1-3H3. The number of hydrogen-bond donors (Lipinski definition) is 2. The van der Waals surface area contributed by atoms with Crippen molar-refractivity contribution in [3.8, 4) is 0 Å². The molecule has 0 bridgehead atoms. The van der Waals surface area contributed by atoms with E-state index in [9.17, 15) is 0 Å². The number of hydrogen-bond acceptors (Lipinski definition) is 2. The SMILES string of the molecule is CC(C)(N)CCNCC1(C)CCC1. The Morgan fingerprint density at radius 1 is 1.38 bits per heavy atom. The molecule has 2 heteroatoms. The summed E-state index contributed by atoms with van der Waals surface area (Å²) in [6, 6.07) is 0. The van der Waals surface area contributed by atoms with Crippen LogP contribution in [0.4, 0.5) is 0 Å². The van der Waals surface area contributed by atoms with Crippen LogP contribution in [0.5, 0.6) is 0 Å². The third kappa shape index (κ3) is 4.10. The highest BCUT2D eigenvalue weighted by Crippen LogP contribution is 2.39. The average molecular weight is 184 g/mol. The highest BCUT2D eigenvalue weighted by Gasteiger charge is 2.30. The van der Waals surface area contributed by atoms with Crippen LogP contribution >= 0.6 is 0 Å². The Morgan fingerprint density at radius 2 is 2.00 bits per heavy atom. The Kier molecular flexibility index (Phi) is 3.36. The van der Waals surface area contributed by atoms with E-state index in [4.69, 9.17) is 5.73 Å². The predicted octanol–water partition coefficient (Wildman–Crippen LogP) is 1.89. The van der Waals surface area contributed by atoms with E-state index in [1.54, 1.807) is 0 Å². The Labute approximate surface area is 82.3 Å². The molecule has 1 aliphatic rings. The van der Waals surface area contributed by atoms with Crippen molar-refractivity contribution in [1.29, 1.82) is 0 Å². The summed E-state index contributed by atoms with van der Waals surface area (Å²) in [5, 5.41) is 3.50. The Bertz CT molecular complexity index is 154. The van der Waals surface area contributed by atoms with Gasteiger partial charge in [-0.25, -0.2) is 0 Å². The van der Waals surface area contributed by atoms with Gasteiger partial charge in [-0.05, 0) is 45.1 Å². The van der Waals surface area contributed by atoms with Crippen molar-refractivity contribution in [1.82, 2.24) is 5.32 Å². The van der Waals surface area contributed by atoms with Gasteiger partial charge in [0.1, 0.15) is 0 Å². The highest BCUT2D eigenvalue weighted by molar-refractivity contribution is 4.85. The van der Waals surface area contributed by atoms with Gasteiger partial charge in [0, 0.05) is 12.1 Å². The van der Waals surface area contributed by atoms with Gasteiger partial charge in [0.25, 0.3) is 0 Å². The van der Waals surface area contributed by atoms with Gasteiger partial charge >= 0.3 is 0 Å². The lowest BCUT2D eigenvalue weighted by atomic mass is 9.70. The molecule has 13 heavy (non-hydrogen) atoms. The molecule has 0 unspecified atom stereocenters. The Hall–Kier alpha value is -0.0800. The normalized spacial score (nSPS) is 21.2. The summed E-state index contributed by atoms with van der Waals surface area (Å²) in [4.78, 5) is 0. The van der Waals surface area contributed by atoms with Crippen LogP contribution in [-0.2, 0) is 0 Å². The maximum Gasteiger partial charge on any atom is 0.0109 e. The van der Waals surface area contributed by atoms with Gasteiger partial charge in [0.05, 0.1) is 0 Å². The second-order valence-corrected chi connectivity index (χ2v) is 5.58. The van der Waals surface area contributed by atoms with Crippen LogP contribution in [0.15, 0.2) is 0 Å². The number of nitrogens with two attached hydrogens (primary N) is 1. The molecule has 1 aliphatic carbocycles. The summed E-state index contributed by atoms with van der Waals surface area (Å²) in [5.74, 6) is 0. The molecule has 2 nitrogen and oxygen atoms in total. The fourth-order valence-electron chi connectivity index (χ4n) is 1.76. The van der Waals surface area contributed by atoms with Crippen molar-refractivity contribution in [3.63, 3.8) is 0 Å². The van der Waals surface area contributed by atoms with Gasteiger partial charge in [0.2, 0.25) is 0 Å². The van der Waals surface area contributed by atoms with Crippen molar-refractivity contribution in [2.45, 2.75) is 52.0 Å². The van der Waals surface area contributed by atoms with Crippen molar-refractivity contribution in [2.24, 2.45) is 11.1 Å². The van der Waals surface area contributed by atoms with Crippen LogP contribution in [0.1, 0.15) is 46.5 Å². The topological polar surface area (TPSA) is 38.0 Å². The van der Waals surface area contributed by atoms with E-state index in [1.807, 2.05) is 0 Å². The molecule has 78 valence electrons. The molecule has 0 spiro atoms. The van der Waals surface area contributed by atoms with Gasteiger partial charge < -0.3 is 11.1 Å². The van der Waals surface area contributed by atoms with Gasteiger partial charge in [-0.15, -0.1) is 0 Å². The van der Waals surface area contributed by atoms with E-state index >= 15 is 0 Å². The molecular formula is C11H24N2. The summed E-state index contributed by atoms with van der Waals surface area (Å²) in [6.07, 6.45) is 5.27. The molecule has 0 atom stereocenters. The minimum Gasteiger partial charge on any atom is -0.326 e. The van der Waals surface area contributed by atoms with Crippen LogP contribution in [0.2, 0.25) is 0 Å². The molecule has 0 aromatic heterocycles. The molecule has 0 aromatic rings. The first kappa shape index (κ1) is 11.0. The third-order valence-corrected chi connectivity index (χ3v) is 3.06. The second kappa shape index (κ2) is 3.97. The minimum atomic E-state index is -0.0203. The van der Waals surface area contributed by atoms with Gasteiger partial charge in [-0.2, -0.15) is 0 Å². The molecule has 0 radical (unpaired) electrons. The largest absolute Gasteiger partial charge is 0.326 e. The summed E-state index contributed by atoms with van der Waals surface area (Å²) in [6.45, 7) is 8.76. The first-order valence-electron chi connectivity index (χ1n) is 5.41. The maximum absolute atomic E-state index is 5.89. The number of nitrogens with one attached hydrogen (secondary N) is 1. The van der Waals surface area contributed by atoms with Crippen LogP contribution in [0.3, 0.4) is 0 Å². The Morgan fingerprint density at radius 3 is 2.38 bits per heavy atom. The summed E-state index contributed by atoms with van der Waals surface area (Å²) in [5.41, 5.74) is 6.47. The zero-order valence-corrected chi connectivity index (χ0v) is 9.32. The van der Waals surface area contributed by atoms with Crippen molar-refractivity contribution < 1.29 is 0 Å². The number of rotatable bonds is 5. The van der Waals surface area contributed by atoms with E-state index in [0.717, 1.165) is 13.0 Å². The molecule has 1 saturated carbocycles. The maximum atomic E-state index is 5.89. The molecule has 1 fully saturated rings. The molecule has 0 aliphatic heterocycles. The Balaban J connectivity index is 2.01. The predicted molar refractivity (Wildman–Crippen MR) is 57.7 cm³/mol. The quantitative estimate of drug-likeness (QED) is 0.640. The van der Waals surface area contributed by atoms with E-state index in [2.05, 4.69) is 26.1 Å². The summed E-state index contributed by atoms with van der Waals surface area (Å²) in [7, 11) is 0. The van der Waals surface area contributed by atoms with Crippen molar-refractivity contribution in [3.05, 3.63) is 0 Å². The highest BCUT2D eigenvalue weighted by atomic mass is 14.9. The minimum absolute atomic E-state index is 0.0203. The lowest BCUT2D eigenvalue weighted by Gasteiger charge is -2.38. The fourth-order valence-corrected chi connectivity index (χ4v) is 1.76. The fraction of sp³-hybridized carbons (Fsp3) is 1.00. The monoisotopic (exact) mass is 184 g/mol. The summed E-state index contributed by atoms with van der Waals surface area (Å²) < 4.78 is 0. The lowest BCUT2D eigenvalue weighted by Crippen LogP contribution is -2.41. The van der Waals surface area contributed by atoms with Gasteiger partial charge in [-0.3, -0.25) is 0 Å². The third-order valence-electron chi connectivity index (χ3n) is 3.06.